The summed E-state index contributed by atoms with van der Waals surface area (Å²) in [5.41, 5.74) is 13.6. The normalized spacial score (nSPS) is 13.0. The second kappa shape index (κ2) is 10.4. The molecule has 1 aliphatic rings. The molecule has 8 rings (SSSR count). The molecule has 0 fully saturated rings. The van der Waals surface area contributed by atoms with Gasteiger partial charge in [-0.2, -0.15) is 0 Å². The summed E-state index contributed by atoms with van der Waals surface area (Å²) >= 11 is 0. The van der Waals surface area contributed by atoms with Crippen molar-refractivity contribution in [3.63, 3.8) is 0 Å². The lowest BCUT2D eigenvalue weighted by molar-refractivity contribution is 0.666. The van der Waals surface area contributed by atoms with Gasteiger partial charge in [-0.05, 0) is 68.4 Å². The van der Waals surface area contributed by atoms with E-state index in [9.17, 15) is 0 Å². The molecular formula is C43H33N. The van der Waals surface area contributed by atoms with Crippen molar-refractivity contribution in [2.24, 2.45) is 0 Å². The fourth-order valence-corrected chi connectivity index (χ4v) is 7.18. The predicted molar refractivity (Wildman–Crippen MR) is 187 cm³/mol. The number of para-hydroxylation sites is 1. The molecule has 0 aliphatic heterocycles. The van der Waals surface area contributed by atoms with E-state index in [0.717, 1.165) is 11.4 Å². The fraction of sp³-hybridized carbons (Fsp3) is 0.0698. The van der Waals surface area contributed by atoms with Gasteiger partial charge in [0, 0.05) is 22.2 Å². The summed E-state index contributed by atoms with van der Waals surface area (Å²) < 4.78 is 0. The Balaban J connectivity index is 1.45. The highest BCUT2D eigenvalue weighted by Crippen LogP contribution is 2.57. The number of nitrogens with zero attached hydrogens (tertiary/aromatic N) is 1. The standard InChI is InChI=1S/C43H33N/c1-43(2)38-23-13-11-22-37(38)41-40(29-33-19-9-10-21-36(33)42(41)43)44(34-27-25-31(26-28-34)30-15-5-3-6-16-30)39-24-14-12-20-35(39)32-17-7-4-8-18-32/h3-29H,1-2H3. The molecule has 0 radical (unpaired) electrons. The van der Waals surface area contributed by atoms with E-state index in [1.54, 1.807) is 0 Å². The molecule has 0 N–H and O–H groups in total. The molecular weight excluding hydrogens is 530 g/mol. The number of anilines is 3. The number of fused-ring (bicyclic) bond motifs is 5. The Bertz CT molecular complexity index is 2120. The van der Waals surface area contributed by atoms with Crippen LogP contribution in [0.4, 0.5) is 17.1 Å². The summed E-state index contributed by atoms with van der Waals surface area (Å²) in [5, 5.41) is 2.58. The Morgan fingerprint density at radius 2 is 1.02 bits per heavy atom. The van der Waals surface area contributed by atoms with Crippen molar-refractivity contribution in [1.29, 1.82) is 0 Å². The lowest BCUT2D eigenvalue weighted by Crippen LogP contribution is -2.17. The van der Waals surface area contributed by atoms with Gasteiger partial charge in [-0.25, -0.2) is 0 Å². The number of hydrogen-bond donors (Lipinski definition) is 0. The first-order valence-electron chi connectivity index (χ1n) is 15.4. The van der Waals surface area contributed by atoms with Gasteiger partial charge in [0.2, 0.25) is 0 Å². The summed E-state index contributed by atoms with van der Waals surface area (Å²) in [4.78, 5) is 2.49. The molecule has 0 amide bonds. The zero-order valence-electron chi connectivity index (χ0n) is 25.0. The first-order valence-corrected chi connectivity index (χ1v) is 15.4. The lowest BCUT2D eigenvalue weighted by Gasteiger charge is -2.31. The molecule has 1 heteroatoms. The van der Waals surface area contributed by atoms with E-state index >= 15 is 0 Å². The molecule has 7 aromatic rings. The van der Waals surface area contributed by atoms with Crippen LogP contribution >= 0.6 is 0 Å². The monoisotopic (exact) mass is 563 g/mol. The summed E-state index contributed by atoms with van der Waals surface area (Å²) in [6, 6.07) is 59.5. The smallest absolute Gasteiger partial charge is 0.0549 e. The topological polar surface area (TPSA) is 3.24 Å². The van der Waals surface area contributed by atoms with Crippen LogP contribution in [0.25, 0.3) is 44.2 Å². The highest BCUT2D eigenvalue weighted by atomic mass is 15.1. The van der Waals surface area contributed by atoms with Crippen molar-refractivity contribution < 1.29 is 0 Å². The third-order valence-corrected chi connectivity index (χ3v) is 9.23. The van der Waals surface area contributed by atoms with Crippen molar-refractivity contribution >= 4 is 27.8 Å². The molecule has 0 saturated heterocycles. The molecule has 7 aromatic carbocycles. The number of hydrogen-bond acceptors (Lipinski definition) is 1. The summed E-state index contributed by atoms with van der Waals surface area (Å²) in [7, 11) is 0. The van der Waals surface area contributed by atoms with Crippen LogP contribution in [0.3, 0.4) is 0 Å². The van der Waals surface area contributed by atoms with Crippen molar-refractivity contribution in [3.8, 4) is 33.4 Å². The zero-order chi connectivity index (χ0) is 29.7. The van der Waals surface area contributed by atoms with Gasteiger partial charge >= 0.3 is 0 Å². The zero-order valence-corrected chi connectivity index (χ0v) is 25.0. The van der Waals surface area contributed by atoms with Gasteiger partial charge in [0.15, 0.2) is 0 Å². The van der Waals surface area contributed by atoms with Crippen molar-refractivity contribution in [1.82, 2.24) is 0 Å². The molecule has 0 atom stereocenters. The Kier molecular flexibility index (Phi) is 6.20. The highest BCUT2D eigenvalue weighted by Gasteiger charge is 2.39. The molecule has 0 saturated carbocycles. The molecule has 1 nitrogen and oxygen atoms in total. The largest absolute Gasteiger partial charge is 0.309 e. The SMILES string of the molecule is CC1(C)c2ccccc2-c2c(N(c3ccc(-c4ccccc4)cc3)c3ccccc3-c3ccccc3)cc3ccccc3c21. The van der Waals surface area contributed by atoms with E-state index < -0.39 is 0 Å². The maximum Gasteiger partial charge on any atom is 0.0549 e. The maximum absolute atomic E-state index is 2.49. The van der Waals surface area contributed by atoms with Crippen molar-refractivity contribution in [2.45, 2.75) is 19.3 Å². The average molecular weight is 564 g/mol. The predicted octanol–water partition coefficient (Wildman–Crippen LogP) is 11.9. The first-order chi connectivity index (χ1) is 21.6. The second-order valence-corrected chi connectivity index (χ2v) is 12.2. The third kappa shape index (κ3) is 4.16. The van der Waals surface area contributed by atoms with E-state index in [2.05, 4.69) is 183 Å². The van der Waals surface area contributed by atoms with Gasteiger partial charge in [0.25, 0.3) is 0 Å². The van der Waals surface area contributed by atoms with E-state index in [4.69, 9.17) is 0 Å². The van der Waals surface area contributed by atoms with Crippen molar-refractivity contribution in [2.75, 3.05) is 4.90 Å². The molecule has 0 heterocycles. The van der Waals surface area contributed by atoms with Crippen LogP contribution in [0.2, 0.25) is 0 Å². The minimum Gasteiger partial charge on any atom is -0.309 e. The van der Waals surface area contributed by atoms with Crippen LogP contribution < -0.4 is 4.90 Å². The third-order valence-electron chi connectivity index (χ3n) is 9.23. The summed E-state index contributed by atoms with van der Waals surface area (Å²) in [5.74, 6) is 0. The van der Waals surface area contributed by atoms with Crippen LogP contribution in [-0.2, 0) is 5.41 Å². The van der Waals surface area contributed by atoms with Gasteiger partial charge in [0.1, 0.15) is 0 Å². The van der Waals surface area contributed by atoms with Gasteiger partial charge < -0.3 is 4.90 Å². The summed E-state index contributed by atoms with van der Waals surface area (Å²) in [6.45, 7) is 4.76. The van der Waals surface area contributed by atoms with Crippen molar-refractivity contribution in [3.05, 3.63) is 175 Å². The molecule has 44 heavy (non-hydrogen) atoms. The van der Waals surface area contributed by atoms with E-state index in [1.165, 1.54) is 61.0 Å². The Morgan fingerprint density at radius 3 is 1.77 bits per heavy atom. The van der Waals surface area contributed by atoms with E-state index in [0.29, 0.717) is 0 Å². The van der Waals surface area contributed by atoms with Gasteiger partial charge in [-0.3, -0.25) is 0 Å². The minimum atomic E-state index is -0.136. The first kappa shape index (κ1) is 26.2. The van der Waals surface area contributed by atoms with Gasteiger partial charge in [-0.15, -0.1) is 0 Å². The molecule has 0 spiro atoms. The maximum atomic E-state index is 2.49. The molecule has 210 valence electrons. The minimum absolute atomic E-state index is 0.136. The lowest BCUT2D eigenvalue weighted by atomic mass is 9.80. The quantitative estimate of drug-likeness (QED) is 0.201. The highest BCUT2D eigenvalue weighted by molar-refractivity contribution is 6.06. The van der Waals surface area contributed by atoms with Crippen LogP contribution in [0.15, 0.2) is 164 Å². The van der Waals surface area contributed by atoms with Gasteiger partial charge in [-0.1, -0.05) is 153 Å². The van der Waals surface area contributed by atoms with E-state index in [1.807, 2.05) is 0 Å². The van der Waals surface area contributed by atoms with Gasteiger partial charge in [0.05, 0.1) is 11.4 Å². The van der Waals surface area contributed by atoms with Crippen LogP contribution in [-0.4, -0.2) is 0 Å². The Morgan fingerprint density at radius 1 is 0.455 bits per heavy atom. The molecule has 1 aliphatic carbocycles. The second-order valence-electron chi connectivity index (χ2n) is 12.2. The van der Waals surface area contributed by atoms with Crippen LogP contribution in [0.5, 0.6) is 0 Å². The van der Waals surface area contributed by atoms with Crippen LogP contribution in [0.1, 0.15) is 25.0 Å². The Hall–Kier alpha value is -5.40. The Labute approximate surface area is 259 Å². The average Bonchev–Trinajstić information content (AvgIpc) is 3.33. The fourth-order valence-electron chi connectivity index (χ4n) is 7.18. The van der Waals surface area contributed by atoms with E-state index in [-0.39, 0.29) is 5.41 Å². The van der Waals surface area contributed by atoms with Crippen LogP contribution in [0, 0.1) is 0 Å². The number of benzene rings is 7. The summed E-state index contributed by atoms with van der Waals surface area (Å²) in [6.07, 6.45) is 0. The molecule has 0 unspecified atom stereocenters. The number of rotatable bonds is 5. The molecule has 0 bridgehead atoms. The molecule has 0 aromatic heterocycles.